The first kappa shape index (κ1) is 18.2. The van der Waals surface area contributed by atoms with Crippen LogP contribution in [0.1, 0.15) is 5.76 Å². The zero-order chi connectivity index (χ0) is 19.3. The summed E-state index contributed by atoms with van der Waals surface area (Å²) >= 11 is 7.37. The molecule has 0 N–H and O–H groups in total. The number of anilines is 1. The zero-order valence-corrected chi connectivity index (χ0v) is 16.1. The number of ether oxygens (including phenoxy) is 1. The lowest BCUT2D eigenvalue weighted by atomic mass is 10.3. The molecule has 0 atom stereocenters. The number of halogens is 1. The summed E-state index contributed by atoms with van der Waals surface area (Å²) in [5.74, 6) is 0.754. The van der Waals surface area contributed by atoms with Crippen molar-refractivity contribution < 1.29 is 13.9 Å². The Balaban J connectivity index is 1.61. The molecule has 0 saturated carbocycles. The van der Waals surface area contributed by atoms with E-state index in [1.807, 2.05) is 18.2 Å². The molecule has 0 unspecified atom stereocenters. The topological polar surface area (TPSA) is 67.9 Å². The number of hydrogen-bond acceptors (Lipinski definition) is 6. The SMILES string of the molecule is O=C(COc1ccccc1)N(/N=C/c1ccco1)c1nc2ccc(Cl)cc2s1. The highest BCUT2D eigenvalue weighted by Crippen LogP contribution is 2.31. The van der Waals surface area contributed by atoms with Crippen molar-refractivity contribution >= 4 is 50.4 Å². The first-order valence-corrected chi connectivity index (χ1v) is 9.53. The molecule has 0 radical (unpaired) electrons. The fourth-order valence-corrected chi connectivity index (χ4v) is 3.62. The number of nitrogens with zero attached hydrogens (tertiary/aromatic N) is 3. The van der Waals surface area contributed by atoms with Gasteiger partial charge in [0.05, 0.1) is 22.7 Å². The molecule has 2 heterocycles. The normalized spacial score (nSPS) is 11.2. The molecule has 0 saturated heterocycles. The van der Waals surface area contributed by atoms with Crippen molar-refractivity contribution in [3.8, 4) is 5.75 Å². The van der Waals surface area contributed by atoms with Crippen LogP contribution >= 0.6 is 22.9 Å². The number of para-hydroxylation sites is 1. The molecule has 2 aromatic heterocycles. The van der Waals surface area contributed by atoms with E-state index in [9.17, 15) is 4.79 Å². The van der Waals surface area contributed by atoms with E-state index in [0.29, 0.717) is 21.7 Å². The Morgan fingerprint density at radius 1 is 1.21 bits per heavy atom. The van der Waals surface area contributed by atoms with Crippen LogP contribution in [0.2, 0.25) is 5.02 Å². The first-order chi connectivity index (χ1) is 13.7. The van der Waals surface area contributed by atoms with Gasteiger partial charge in [-0.15, -0.1) is 0 Å². The average molecular weight is 412 g/mol. The summed E-state index contributed by atoms with van der Waals surface area (Å²) < 4.78 is 11.7. The lowest BCUT2D eigenvalue weighted by Crippen LogP contribution is -2.30. The smallest absolute Gasteiger partial charge is 0.287 e. The standard InChI is InChI=1S/C20H14ClN3O3S/c21-14-8-9-17-18(11-14)28-20(23-17)24(22-12-16-7-4-10-26-16)19(25)13-27-15-5-2-1-3-6-15/h1-12H,13H2/b22-12+. The number of aromatic nitrogens is 1. The van der Waals surface area contributed by atoms with Gasteiger partial charge >= 0.3 is 0 Å². The van der Waals surface area contributed by atoms with E-state index in [1.54, 1.807) is 42.5 Å². The third kappa shape index (κ3) is 4.21. The number of benzene rings is 2. The largest absolute Gasteiger partial charge is 0.484 e. The molecule has 6 nitrogen and oxygen atoms in total. The van der Waals surface area contributed by atoms with Crippen LogP contribution in [0.3, 0.4) is 0 Å². The molecule has 2 aromatic carbocycles. The van der Waals surface area contributed by atoms with Crippen molar-refractivity contribution in [2.24, 2.45) is 5.10 Å². The van der Waals surface area contributed by atoms with Gasteiger partial charge in [0.1, 0.15) is 11.5 Å². The monoisotopic (exact) mass is 411 g/mol. The zero-order valence-electron chi connectivity index (χ0n) is 14.5. The molecule has 0 spiro atoms. The second kappa shape index (κ2) is 8.24. The van der Waals surface area contributed by atoms with Crippen LogP contribution < -0.4 is 9.75 Å². The summed E-state index contributed by atoms with van der Waals surface area (Å²) in [5, 5.41) is 6.50. The van der Waals surface area contributed by atoms with Gasteiger partial charge in [-0.05, 0) is 42.5 Å². The van der Waals surface area contributed by atoms with Gasteiger partial charge in [-0.3, -0.25) is 4.79 Å². The minimum atomic E-state index is -0.364. The highest BCUT2D eigenvalue weighted by atomic mass is 35.5. The van der Waals surface area contributed by atoms with Gasteiger partial charge in [0.2, 0.25) is 5.13 Å². The number of carbonyl (C=O) groups is 1. The molecule has 140 valence electrons. The number of carbonyl (C=O) groups excluding carboxylic acids is 1. The summed E-state index contributed by atoms with van der Waals surface area (Å²) in [6.45, 7) is -0.184. The summed E-state index contributed by atoms with van der Waals surface area (Å²) in [6, 6.07) is 18.0. The van der Waals surface area contributed by atoms with Gasteiger partial charge in [0, 0.05) is 5.02 Å². The molecular formula is C20H14ClN3O3S. The number of hydrogen-bond donors (Lipinski definition) is 0. The van der Waals surface area contributed by atoms with E-state index in [1.165, 1.54) is 28.8 Å². The van der Waals surface area contributed by atoms with Crippen molar-refractivity contribution in [3.63, 3.8) is 0 Å². The Kier molecular flexibility index (Phi) is 5.36. The third-order valence-corrected chi connectivity index (χ3v) is 4.93. The first-order valence-electron chi connectivity index (χ1n) is 8.33. The number of hydrazone groups is 1. The molecule has 0 fully saturated rings. The van der Waals surface area contributed by atoms with Crippen molar-refractivity contribution in [1.82, 2.24) is 4.98 Å². The Labute approximate surface area is 169 Å². The molecule has 8 heteroatoms. The van der Waals surface area contributed by atoms with E-state index in [2.05, 4.69) is 10.1 Å². The summed E-state index contributed by atoms with van der Waals surface area (Å²) in [6.07, 6.45) is 2.99. The third-order valence-electron chi connectivity index (χ3n) is 3.71. The minimum Gasteiger partial charge on any atom is -0.484 e. The number of thiazole rings is 1. The molecule has 0 aliphatic carbocycles. The summed E-state index contributed by atoms with van der Waals surface area (Å²) in [7, 11) is 0. The molecule has 0 bridgehead atoms. The lowest BCUT2D eigenvalue weighted by molar-refractivity contribution is -0.120. The second-order valence-corrected chi connectivity index (χ2v) is 7.12. The van der Waals surface area contributed by atoms with E-state index < -0.39 is 0 Å². The highest BCUT2D eigenvalue weighted by Gasteiger charge is 2.20. The average Bonchev–Trinajstić information content (AvgIpc) is 3.37. The maximum Gasteiger partial charge on any atom is 0.287 e. The highest BCUT2D eigenvalue weighted by molar-refractivity contribution is 7.22. The van der Waals surface area contributed by atoms with Gasteiger partial charge in [-0.2, -0.15) is 10.1 Å². The quantitative estimate of drug-likeness (QED) is 0.331. The number of amides is 1. The molecular weight excluding hydrogens is 398 g/mol. The maximum atomic E-state index is 12.8. The Hall–Kier alpha value is -3.16. The van der Waals surface area contributed by atoms with Crippen LogP contribution in [0.5, 0.6) is 5.75 Å². The van der Waals surface area contributed by atoms with Crippen LogP contribution in [0.4, 0.5) is 5.13 Å². The summed E-state index contributed by atoms with van der Waals surface area (Å²) in [5.41, 5.74) is 0.736. The van der Waals surface area contributed by atoms with E-state index >= 15 is 0 Å². The van der Waals surface area contributed by atoms with Gasteiger partial charge in [0.25, 0.3) is 5.91 Å². The molecule has 28 heavy (non-hydrogen) atoms. The van der Waals surface area contributed by atoms with Crippen LogP contribution in [-0.2, 0) is 4.79 Å². The van der Waals surface area contributed by atoms with Crippen molar-refractivity contribution in [2.45, 2.75) is 0 Å². The van der Waals surface area contributed by atoms with Crippen molar-refractivity contribution in [2.75, 3.05) is 11.6 Å². The number of rotatable bonds is 6. The predicted molar refractivity (Wildman–Crippen MR) is 110 cm³/mol. The van der Waals surface area contributed by atoms with Crippen molar-refractivity contribution in [1.29, 1.82) is 0 Å². The Bertz CT molecular complexity index is 1110. The van der Waals surface area contributed by atoms with Crippen LogP contribution in [0, 0.1) is 0 Å². The van der Waals surface area contributed by atoms with Gasteiger partial charge in [-0.25, -0.2) is 4.98 Å². The van der Waals surface area contributed by atoms with Gasteiger partial charge in [-0.1, -0.05) is 41.1 Å². The fraction of sp³-hybridized carbons (Fsp3) is 0.0500. The van der Waals surface area contributed by atoms with Crippen molar-refractivity contribution in [3.05, 3.63) is 77.7 Å². The lowest BCUT2D eigenvalue weighted by Gasteiger charge is -2.14. The molecule has 4 aromatic rings. The van der Waals surface area contributed by atoms with Crippen LogP contribution in [0.25, 0.3) is 10.2 Å². The fourth-order valence-electron chi connectivity index (χ4n) is 2.40. The van der Waals surface area contributed by atoms with Gasteiger partial charge in [0.15, 0.2) is 6.61 Å². The van der Waals surface area contributed by atoms with Crippen LogP contribution in [-0.4, -0.2) is 23.7 Å². The second-order valence-electron chi connectivity index (χ2n) is 5.68. The van der Waals surface area contributed by atoms with Crippen LogP contribution in [0.15, 0.2) is 76.4 Å². The number of furan rings is 1. The Morgan fingerprint density at radius 3 is 2.86 bits per heavy atom. The van der Waals surface area contributed by atoms with E-state index in [-0.39, 0.29) is 12.5 Å². The maximum absolute atomic E-state index is 12.8. The molecule has 0 aliphatic rings. The molecule has 4 rings (SSSR count). The van der Waals surface area contributed by atoms with E-state index in [4.69, 9.17) is 20.8 Å². The minimum absolute atomic E-state index is 0.184. The van der Waals surface area contributed by atoms with Gasteiger partial charge < -0.3 is 9.15 Å². The predicted octanol–water partition coefficient (Wildman–Crippen LogP) is 4.99. The number of fused-ring (bicyclic) bond motifs is 1. The van der Waals surface area contributed by atoms with E-state index in [0.717, 1.165) is 10.2 Å². The summed E-state index contributed by atoms with van der Waals surface area (Å²) in [4.78, 5) is 17.3. The Morgan fingerprint density at radius 2 is 2.07 bits per heavy atom. The molecule has 0 aliphatic heterocycles. The molecule has 1 amide bonds.